The third-order valence-electron chi connectivity index (χ3n) is 7.56. The van der Waals surface area contributed by atoms with E-state index in [0.29, 0.717) is 24.9 Å². The fraction of sp³-hybridized carbons (Fsp3) is 0.652. The van der Waals surface area contributed by atoms with Crippen LogP contribution in [-0.4, -0.2) is 87.2 Å². The zero-order chi connectivity index (χ0) is 23.4. The second-order valence-corrected chi connectivity index (χ2v) is 9.53. The first-order valence-electron chi connectivity index (χ1n) is 11.5. The van der Waals surface area contributed by atoms with Gasteiger partial charge in [-0.25, -0.2) is 4.79 Å². The van der Waals surface area contributed by atoms with Crippen LogP contribution in [0.5, 0.6) is 0 Å². The van der Waals surface area contributed by atoms with Crippen LogP contribution in [0.4, 0.5) is 5.69 Å². The lowest BCUT2D eigenvalue weighted by Crippen LogP contribution is -2.62. The average molecular weight is 462 g/mol. The summed E-state index contributed by atoms with van der Waals surface area (Å²) < 4.78 is 11.5. The Morgan fingerprint density at radius 1 is 1.09 bits per heavy atom. The molecule has 1 saturated heterocycles. The normalized spacial score (nSPS) is 37.8. The van der Waals surface area contributed by atoms with Crippen molar-refractivity contribution in [1.82, 2.24) is 4.90 Å². The van der Waals surface area contributed by atoms with Gasteiger partial charge in [0.05, 0.1) is 6.54 Å². The van der Waals surface area contributed by atoms with Crippen LogP contribution in [0, 0.1) is 5.92 Å². The molecule has 1 aliphatic carbocycles. The largest absolute Gasteiger partial charge is 0.479 e. The lowest BCUT2D eigenvalue weighted by atomic mass is 9.82. The number of nitrogens with zero attached hydrogens (tertiary/aromatic N) is 2. The first-order valence-corrected chi connectivity index (χ1v) is 11.5. The summed E-state index contributed by atoms with van der Waals surface area (Å²) in [6.07, 6.45) is -5.80. The Labute approximate surface area is 191 Å². The number of aliphatic hydroxyl groups is 3. The van der Waals surface area contributed by atoms with Crippen LogP contribution in [0.15, 0.2) is 18.2 Å². The van der Waals surface area contributed by atoms with Gasteiger partial charge in [-0.1, -0.05) is 24.6 Å². The van der Waals surface area contributed by atoms with Crippen LogP contribution in [0.2, 0.25) is 0 Å². The molecule has 4 N–H and O–H groups in total. The highest BCUT2D eigenvalue weighted by Crippen LogP contribution is 2.50. The fourth-order valence-corrected chi connectivity index (χ4v) is 5.89. The molecule has 3 aliphatic heterocycles. The van der Waals surface area contributed by atoms with Gasteiger partial charge in [0.2, 0.25) is 5.91 Å². The van der Waals surface area contributed by atoms with Gasteiger partial charge in [-0.3, -0.25) is 4.79 Å². The molecule has 1 aromatic carbocycles. The summed E-state index contributed by atoms with van der Waals surface area (Å²) >= 11 is 0. The van der Waals surface area contributed by atoms with Crippen molar-refractivity contribution in [2.24, 2.45) is 5.92 Å². The second-order valence-electron chi connectivity index (χ2n) is 9.53. The number of carbonyl (C=O) groups excluding carboxylic acids is 1. The summed E-state index contributed by atoms with van der Waals surface area (Å²) in [6.45, 7) is 2.79. The maximum Gasteiger partial charge on any atom is 0.335 e. The first kappa shape index (κ1) is 22.5. The number of carboxylic acid groups (broad SMARTS) is 1. The van der Waals surface area contributed by atoms with Crippen molar-refractivity contribution in [3.8, 4) is 0 Å². The SMILES string of the molecule is CC(=O)N1Cc2cccc3c2N(CC2CCCC32)C(OC2OC(C(=O)O)C(O)C(O)C2O)C1. The summed E-state index contributed by atoms with van der Waals surface area (Å²) in [4.78, 5) is 27.7. The fourth-order valence-electron chi connectivity index (χ4n) is 5.89. The number of carboxylic acids is 1. The molecule has 33 heavy (non-hydrogen) atoms. The molecule has 0 aromatic heterocycles. The van der Waals surface area contributed by atoms with Gasteiger partial charge >= 0.3 is 5.97 Å². The highest BCUT2D eigenvalue weighted by Gasteiger charge is 2.50. The van der Waals surface area contributed by atoms with E-state index in [-0.39, 0.29) is 12.5 Å². The van der Waals surface area contributed by atoms with Gasteiger partial charge in [-0.2, -0.15) is 0 Å². The number of anilines is 1. The number of para-hydroxylation sites is 1. The van der Waals surface area contributed by atoms with Gasteiger partial charge in [0, 0.05) is 25.7 Å². The molecule has 1 amide bonds. The third-order valence-corrected chi connectivity index (χ3v) is 7.56. The van der Waals surface area contributed by atoms with E-state index in [1.54, 1.807) is 4.90 Å². The van der Waals surface area contributed by atoms with Crippen LogP contribution in [0.1, 0.15) is 43.2 Å². The van der Waals surface area contributed by atoms with Crippen molar-refractivity contribution >= 4 is 17.6 Å². The molecule has 2 fully saturated rings. The molecule has 0 bridgehead atoms. The highest BCUT2D eigenvalue weighted by atomic mass is 16.7. The number of hydrogen-bond donors (Lipinski definition) is 4. The Morgan fingerprint density at radius 3 is 2.61 bits per heavy atom. The zero-order valence-corrected chi connectivity index (χ0v) is 18.4. The summed E-state index contributed by atoms with van der Waals surface area (Å²) in [5.74, 6) is -0.720. The Balaban J connectivity index is 1.51. The van der Waals surface area contributed by atoms with E-state index in [9.17, 15) is 30.0 Å². The maximum atomic E-state index is 12.4. The van der Waals surface area contributed by atoms with Crippen LogP contribution in [0.25, 0.3) is 0 Å². The lowest BCUT2D eigenvalue weighted by Gasteiger charge is -2.45. The van der Waals surface area contributed by atoms with E-state index >= 15 is 0 Å². The van der Waals surface area contributed by atoms with E-state index in [2.05, 4.69) is 11.0 Å². The number of benzene rings is 1. The second kappa shape index (κ2) is 8.52. The number of carbonyl (C=O) groups is 2. The Bertz CT molecular complexity index is 941. The van der Waals surface area contributed by atoms with Crippen molar-refractivity contribution in [3.63, 3.8) is 0 Å². The number of ether oxygens (including phenoxy) is 2. The Morgan fingerprint density at radius 2 is 1.88 bits per heavy atom. The maximum absolute atomic E-state index is 12.4. The van der Waals surface area contributed by atoms with Gasteiger partial charge in [-0.15, -0.1) is 0 Å². The third kappa shape index (κ3) is 3.79. The standard InChI is InChI=1S/C23H30N2O8/c1-11(26)24-8-13-5-3-7-15-14-6-2-4-12(14)9-25(17(13)15)16(10-24)32-23-20(29)18(27)19(28)21(33-23)22(30)31/h3,5,7,12,14,16,18-21,23,27-29H,2,4,6,8-10H2,1H3,(H,30,31). The smallest absolute Gasteiger partial charge is 0.335 e. The minimum atomic E-state index is -1.79. The van der Waals surface area contributed by atoms with Crippen molar-refractivity contribution in [1.29, 1.82) is 0 Å². The van der Waals surface area contributed by atoms with Crippen LogP contribution < -0.4 is 4.90 Å². The van der Waals surface area contributed by atoms with E-state index in [1.807, 2.05) is 12.1 Å². The van der Waals surface area contributed by atoms with Gasteiger partial charge in [0.15, 0.2) is 18.6 Å². The number of amides is 1. The molecule has 1 aromatic rings. The molecule has 5 rings (SSSR count). The average Bonchev–Trinajstić information content (AvgIpc) is 3.20. The lowest BCUT2D eigenvalue weighted by molar-refractivity contribution is -0.304. The van der Waals surface area contributed by atoms with Crippen LogP contribution in [-0.2, 0) is 25.6 Å². The summed E-state index contributed by atoms with van der Waals surface area (Å²) in [7, 11) is 0. The number of aliphatic hydroxyl groups excluding tert-OH is 3. The monoisotopic (exact) mass is 462 g/mol. The molecule has 8 atom stereocenters. The van der Waals surface area contributed by atoms with E-state index < -0.39 is 42.9 Å². The summed E-state index contributed by atoms with van der Waals surface area (Å²) in [6, 6.07) is 6.16. The topological polar surface area (TPSA) is 140 Å². The zero-order valence-electron chi connectivity index (χ0n) is 18.4. The summed E-state index contributed by atoms with van der Waals surface area (Å²) in [5, 5.41) is 40.1. The van der Waals surface area contributed by atoms with Gasteiger partial charge < -0.3 is 39.7 Å². The van der Waals surface area contributed by atoms with E-state index in [1.165, 1.54) is 12.5 Å². The van der Waals surface area contributed by atoms with Gasteiger partial charge in [0.25, 0.3) is 0 Å². The highest BCUT2D eigenvalue weighted by molar-refractivity contribution is 5.75. The molecule has 10 heteroatoms. The van der Waals surface area contributed by atoms with E-state index in [0.717, 1.165) is 30.5 Å². The predicted octanol–water partition coefficient (Wildman–Crippen LogP) is -0.0127. The van der Waals surface area contributed by atoms with Crippen LogP contribution >= 0.6 is 0 Å². The minimum Gasteiger partial charge on any atom is -0.479 e. The number of rotatable bonds is 3. The molecule has 0 radical (unpaired) electrons. The molecule has 0 spiro atoms. The van der Waals surface area contributed by atoms with Crippen molar-refractivity contribution in [2.45, 2.75) is 75.6 Å². The molecule has 4 aliphatic rings. The molecular formula is C23H30N2O8. The number of hydrogen-bond acceptors (Lipinski definition) is 8. The predicted molar refractivity (Wildman–Crippen MR) is 114 cm³/mol. The van der Waals surface area contributed by atoms with E-state index in [4.69, 9.17) is 9.47 Å². The van der Waals surface area contributed by atoms with Crippen molar-refractivity contribution < 1.29 is 39.5 Å². The quantitative estimate of drug-likeness (QED) is 0.488. The van der Waals surface area contributed by atoms with Crippen LogP contribution in [0.3, 0.4) is 0 Å². The molecule has 3 heterocycles. The number of aliphatic carboxylic acids is 1. The Hall–Kier alpha value is -2.24. The first-order chi connectivity index (χ1) is 15.8. The molecule has 10 nitrogen and oxygen atoms in total. The minimum absolute atomic E-state index is 0.134. The molecule has 1 saturated carbocycles. The Kier molecular flexibility index (Phi) is 5.82. The van der Waals surface area contributed by atoms with Crippen molar-refractivity contribution in [2.75, 3.05) is 18.0 Å². The number of fused-ring (bicyclic) bond motifs is 2. The molecule has 8 unspecified atom stereocenters. The molecular weight excluding hydrogens is 432 g/mol. The van der Waals surface area contributed by atoms with Gasteiger partial charge in [-0.05, 0) is 35.8 Å². The van der Waals surface area contributed by atoms with Crippen molar-refractivity contribution in [3.05, 3.63) is 29.3 Å². The molecule has 180 valence electrons. The summed E-state index contributed by atoms with van der Waals surface area (Å²) in [5.41, 5.74) is 3.27. The van der Waals surface area contributed by atoms with Gasteiger partial charge in [0.1, 0.15) is 18.3 Å².